The van der Waals surface area contributed by atoms with Crippen LogP contribution in [0.5, 0.6) is 11.5 Å². The summed E-state index contributed by atoms with van der Waals surface area (Å²) in [5.74, 6) is -0.328. The molecule has 1 heterocycles. The van der Waals surface area contributed by atoms with E-state index in [1.165, 1.54) is 6.07 Å². The molecule has 2 unspecified atom stereocenters. The van der Waals surface area contributed by atoms with E-state index in [4.69, 9.17) is 0 Å². The molecule has 29 heavy (non-hydrogen) atoms. The molecule has 2 aliphatic rings. The van der Waals surface area contributed by atoms with E-state index >= 15 is 0 Å². The van der Waals surface area contributed by atoms with Gasteiger partial charge in [-0.25, -0.2) is 0 Å². The van der Waals surface area contributed by atoms with Crippen molar-refractivity contribution < 1.29 is 15.0 Å². The zero-order chi connectivity index (χ0) is 20.3. The monoisotopic (exact) mass is 385 g/mol. The summed E-state index contributed by atoms with van der Waals surface area (Å²) in [6.07, 6.45) is 2.49. The van der Waals surface area contributed by atoms with E-state index in [0.29, 0.717) is 6.42 Å². The fourth-order valence-electron chi connectivity index (χ4n) is 4.73. The Kier molecular flexibility index (Phi) is 3.75. The highest BCUT2D eigenvalue weighted by molar-refractivity contribution is 6.00. The van der Waals surface area contributed by atoms with Crippen LogP contribution in [0.1, 0.15) is 37.3 Å². The fourth-order valence-corrected chi connectivity index (χ4v) is 4.73. The third-order valence-corrected chi connectivity index (χ3v) is 6.34. The molecule has 0 saturated heterocycles. The predicted octanol–water partition coefficient (Wildman–Crippen LogP) is 5.10. The number of carbonyl (C=O) groups excluding carboxylic acids is 1. The number of rotatable bonds is 1. The molecular weight excluding hydrogens is 362 g/mol. The molecule has 0 fully saturated rings. The molecule has 3 aromatic carbocycles. The van der Waals surface area contributed by atoms with Gasteiger partial charge < -0.3 is 15.5 Å². The zero-order valence-corrected chi connectivity index (χ0v) is 16.4. The second kappa shape index (κ2) is 6.11. The number of hydrogen-bond acceptors (Lipinski definition) is 4. The lowest BCUT2D eigenvalue weighted by Crippen LogP contribution is -2.42. The Balaban J connectivity index is 1.79. The van der Waals surface area contributed by atoms with Gasteiger partial charge in [-0.05, 0) is 46.7 Å². The van der Waals surface area contributed by atoms with Gasteiger partial charge in [0.25, 0.3) is 0 Å². The summed E-state index contributed by atoms with van der Waals surface area (Å²) in [5.41, 5.74) is 3.60. The Bertz CT molecular complexity index is 1190. The highest BCUT2D eigenvalue weighted by Crippen LogP contribution is 2.50. The molecule has 146 valence electrons. The summed E-state index contributed by atoms with van der Waals surface area (Å²) in [6, 6.07) is 17.4. The Hall–Kier alpha value is -3.27. The summed E-state index contributed by atoms with van der Waals surface area (Å²) < 4.78 is 0. The van der Waals surface area contributed by atoms with E-state index in [-0.39, 0.29) is 29.2 Å². The van der Waals surface area contributed by atoms with Crippen LogP contribution in [0, 0.1) is 5.41 Å². The van der Waals surface area contributed by atoms with Gasteiger partial charge >= 0.3 is 0 Å². The van der Waals surface area contributed by atoms with Crippen LogP contribution >= 0.6 is 0 Å². The molecule has 3 aromatic rings. The maximum Gasteiger partial charge on any atom is 0.161 e. The van der Waals surface area contributed by atoms with E-state index in [1.54, 1.807) is 12.1 Å². The van der Waals surface area contributed by atoms with Gasteiger partial charge in [0, 0.05) is 28.4 Å². The molecule has 1 aliphatic carbocycles. The van der Waals surface area contributed by atoms with Crippen molar-refractivity contribution in [1.82, 2.24) is 0 Å². The zero-order valence-electron chi connectivity index (χ0n) is 16.4. The lowest BCUT2D eigenvalue weighted by atomic mass is 9.67. The first-order chi connectivity index (χ1) is 13.8. The summed E-state index contributed by atoms with van der Waals surface area (Å²) in [4.78, 5) is 12.8. The van der Waals surface area contributed by atoms with Crippen LogP contribution in [0.25, 0.3) is 10.8 Å². The molecule has 0 spiro atoms. The molecule has 4 heteroatoms. The minimum absolute atomic E-state index is 0.0296. The Morgan fingerprint density at radius 2 is 1.79 bits per heavy atom. The van der Waals surface area contributed by atoms with Gasteiger partial charge in [-0.15, -0.1) is 0 Å². The number of benzene rings is 3. The van der Waals surface area contributed by atoms with Crippen molar-refractivity contribution in [1.29, 1.82) is 0 Å². The van der Waals surface area contributed by atoms with Crippen LogP contribution < -0.4 is 5.32 Å². The quantitative estimate of drug-likeness (QED) is 0.510. The molecule has 1 aliphatic heterocycles. The number of aromatic hydroxyl groups is 2. The minimum Gasteiger partial charge on any atom is -0.504 e. The lowest BCUT2D eigenvalue weighted by Gasteiger charge is -2.43. The number of allylic oxidation sites excluding steroid dienone is 1. The third-order valence-electron chi connectivity index (χ3n) is 6.34. The molecule has 3 N–H and O–H groups in total. The van der Waals surface area contributed by atoms with E-state index < -0.39 is 5.41 Å². The fraction of sp³-hybridized carbons (Fsp3) is 0.240. The first-order valence-corrected chi connectivity index (χ1v) is 9.91. The van der Waals surface area contributed by atoms with E-state index in [2.05, 4.69) is 29.6 Å². The molecule has 0 aromatic heterocycles. The summed E-state index contributed by atoms with van der Waals surface area (Å²) in [6.45, 7) is 3.98. The number of carbonyl (C=O) groups is 1. The number of fused-ring (bicyclic) bond motifs is 4. The number of anilines is 1. The first kappa shape index (κ1) is 17.8. The van der Waals surface area contributed by atoms with Crippen molar-refractivity contribution in [3.63, 3.8) is 0 Å². The molecule has 5 rings (SSSR count). The van der Waals surface area contributed by atoms with Gasteiger partial charge in [0.2, 0.25) is 0 Å². The second-order valence-electron chi connectivity index (χ2n) is 8.73. The van der Waals surface area contributed by atoms with Crippen molar-refractivity contribution in [2.24, 2.45) is 5.41 Å². The SMILES string of the molecule is CC1(C)CC2Nc3c(ccc4ccccc34)C(c3ccc(O)c(O)c3)C2=CC1=O. The van der Waals surface area contributed by atoms with E-state index in [9.17, 15) is 15.0 Å². The van der Waals surface area contributed by atoms with Crippen LogP contribution in [0.4, 0.5) is 5.69 Å². The highest BCUT2D eigenvalue weighted by atomic mass is 16.3. The first-order valence-electron chi connectivity index (χ1n) is 9.91. The van der Waals surface area contributed by atoms with Crippen LogP contribution in [0.15, 0.2) is 66.2 Å². The standard InChI is InChI=1S/C25H23NO3/c1-25(2)13-19-18(12-22(25)29)23(15-8-10-20(27)21(28)11-15)17-9-7-14-5-3-4-6-16(14)24(17)26-19/h3-12,19,23,26-28H,13H2,1-2H3. The highest BCUT2D eigenvalue weighted by Gasteiger charge is 2.42. The van der Waals surface area contributed by atoms with Gasteiger partial charge in [0.1, 0.15) is 0 Å². The van der Waals surface area contributed by atoms with Crippen molar-refractivity contribution in [2.75, 3.05) is 5.32 Å². The molecule has 0 bridgehead atoms. The summed E-state index contributed by atoms with van der Waals surface area (Å²) in [5, 5.41) is 25.9. The average Bonchev–Trinajstić information content (AvgIpc) is 2.69. The minimum atomic E-state index is -0.426. The van der Waals surface area contributed by atoms with Crippen molar-refractivity contribution in [3.8, 4) is 11.5 Å². The Morgan fingerprint density at radius 3 is 2.59 bits per heavy atom. The van der Waals surface area contributed by atoms with Crippen LogP contribution in [0.3, 0.4) is 0 Å². The summed E-state index contributed by atoms with van der Waals surface area (Å²) >= 11 is 0. The molecule has 4 nitrogen and oxygen atoms in total. The number of phenols is 2. The van der Waals surface area contributed by atoms with Gasteiger partial charge in [-0.1, -0.05) is 56.3 Å². The number of ketones is 1. The average molecular weight is 385 g/mol. The largest absolute Gasteiger partial charge is 0.504 e. The van der Waals surface area contributed by atoms with Gasteiger partial charge in [0.05, 0.1) is 0 Å². The van der Waals surface area contributed by atoms with Crippen molar-refractivity contribution in [3.05, 3.63) is 77.4 Å². The molecule has 0 saturated carbocycles. The molecule has 0 amide bonds. The molecule has 2 atom stereocenters. The number of nitrogens with one attached hydrogen (secondary N) is 1. The molecule has 0 radical (unpaired) electrons. The summed E-state index contributed by atoms with van der Waals surface area (Å²) in [7, 11) is 0. The van der Waals surface area contributed by atoms with Gasteiger partial charge in [-0.2, -0.15) is 0 Å². The third kappa shape index (κ3) is 2.70. The normalized spacial score (nSPS) is 22.4. The van der Waals surface area contributed by atoms with Crippen molar-refractivity contribution >= 4 is 22.2 Å². The van der Waals surface area contributed by atoms with Crippen LogP contribution in [0.2, 0.25) is 0 Å². The number of phenolic OH excluding ortho intramolecular Hbond substituents is 2. The van der Waals surface area contributed by atoms with E-state index in [1.807, 2.05) is 32.0 Å². The Labute approximate surface area is 169 Å². The van der Waals surface area contributed by atoms with Gasteiger partial charge in [-0.3, -0.25) is 4.79 Å². The van der Waals surface area contributed by atoms with Crippen LogP contribution in [-0.4, -0.2) is 22.0 Å². The maximum atomic E-state index is 12.8. The predicted molar refractivity (Wildman–Crippen MR) is 114 cm³/mol. The smallest absolute Gasteiger partial charge is 0.161 e. The van der Waals surface area contributed by atoms with Crippen molar-refractivity contribution in [2.45, 2.75) is 32.2 Å². The maximum absolute atomic E-state index is 12.8. The number of hydrogen-bond donors (Lipinski definition) is 3. The topological polar surface area (TPSA) is 69.6 Å². The van der Waals surface area contributed by atoms with Crippen LogP contribution in [-0.2, 0) is 4.79 Å². The second-order valence-corrected chi connectivity index (χ2v) is 8.73. The van der Waals surface area contributed by atoms with Gasteiger partial charge in [0.15, 0.2) is 17.3 Å². The molecular formula is C25H23NO3. The lowest BCUT2D eigenvalue weighted by molar-refractivity contribution is -0.123. The Morgan fingerprint density at radius 1 is 1.00 bits per heavy atom. The van der Waals surface area contributed by atoms with E-state index in [0.717, 1.165) is 33.2 Å².